The van der Waals surface area contributed by atoms with Gasteiger partial charge in [0, 0.05) is 31.8 Å². The fourth-order valence-electron chi connectivity index (χ4n) is 2.14. The average Bonchev–Trinajstić information content (AvgIpc) is 2.46. The van der Waals surface area contributed by atoms with Gasteiger partial charge in [0.25, 0.3) is 0 Å². The zero-order valence-corrected chi connectivity index (χ0v) is 7.87. The Balaban J connectivity index is 2.29. The van der Waals surface area contributed by atoms with Gasteiger partial charge in [-0.25, -0.2) is 8.78 Å². The molecule has 1 heterocycles. The van der Waals surface area contributed by atoms with Gasteiger partial charge in [0.1, 0.15) is 0 Å². The second-order valence-corrected chi connectivity index (χ2v) is 3.94. The number of halogens is 2. The Hall–Kier alpha value is -1.04. The predicted octanol–water partition coefficient (Wildman–Crippen LogP) is 0.441. The number of alkyl halides is 2. The van der Waals surface area contributed by atoms with Crippen molar-refractivity contribution in [2.24, 2.45) is 12.8 Å². The van der Waals surface area contributed by atoms with Gasteiger partial charge < -0.3 is 5.73 Å². The van der Waals surface area contributed by atoms with E-state index in [9.17, 15) is 8.78 Å². The van der Waals surface area contributed by atoms with E-state index in [0.29, 0.717) is 5.69 Å². The molecule has 1 aromatic heterocycles. The zero-order chi connectivity index (χ0) is 10.4. The normalized spacial score (nSPS) is 23.1. The van der Waals surface area contributed by atoms with Gasteiger partial charge in [-0.05, 0) is 0 Å². The summed E-state index contributed by atoms with van der Waals surface area (Å²) in [5.74, 6) is -2.58. The van der Waals surface area contributed by atoms with Crippen LogP contribution in [0.4, 0.5) is 8.78 Å². The highest BCUT2D eigenvalue weighted by Crippen LogP contribution is 2.52. The highest BCUT2D eigenvalue weighted by Gasteiger charge is 2.57. The molecule has 0 aliphatic heterocycles. The Kier molecular flexibility index (Phi) is 1.85. The Bertz CT molecular complexity index is 339. The first-order valence-corrected chi connectivity index (χ1v) is 4.42. The Morgan fingerprint density at radius 1 is 1.57 bits per heavy atom. The summed E-state index contributed by atoms with van der Waals surface area (Å²) in [5, 5.41) is 7.40. The lowest BCUT2D eigenvalue weighted by Crippen LogP contribution is -2.54. The number of aryl methyl sites for hydroxylation is 1. The van der Waals surface area contributed by atoms with Crippen molar-refractivity contribution in [3.05, 3.63) is 11.9 Å². The monoisotopic (exact) mass is 202 g/mol. The van der Waals surface area contributed by atoms with Crippen molar-refractivity contribution >= 4 is 0 Å². The number of nitrogens with two attached hydrogens (primary N) is 1. The van der Waals surface area contributed by atoms with E-state index in [-0.39, 0.29) is 19.4 Å². The first-order chi connectivity index (χ1) is 6.49. The molecule has 0 saturated heterocycles. The minimum absolute atomic E-state index is 0.197. The molecular weight excluding hydrogens is 190 g/mol. The van der Waals surface area contributed by atoms with Gasteiger partial charge in [0.05, 0.1) is 11.9 Å². The van der Waals surface area contributed by atoms with Gasteiger partial charge in [-0.3, -0.25) is 4.68 Å². The first-order valence-electron chi connectivity index (χ1n) is 4.42. The fourth-order valence-corrected chi connectivity index (χ4v) is 2.14. The van der Waals surface area contributed by atoms with E-state index in [0.717, 1.165) is 0 Å². The van der Waals surface area contributed by atoms with Crippen LogP contribution >= 0.6 is 0 Å². The summed E-state index contributed by atoms with van der Waals surface area (Å²) >= 11 is 0. The number of nitrogens with zero attached hydrogens (tertiary/aromatic N) is 3. The zero-order valence-electron chi connectivity index (χ0n) is 7.87. The van der Waals surface area contributed by atoms with Crippen LogP contribution in [0, 0.1) is 0 Å². The van der Waals surface area contributed by atoms with Crippen molar-refractivity contribution in [2.75, 3.05) is 6.54 Å². The van der Waals surface area contributed by atoms with Crippen molar-refractivity contribution in [1.29, 1.82) is 0 Å². The molecule has 1 aliphatic carbocycles. The number of hydrogen-bond acceptors (Lipinski definition) is 3. The molecule has 1 saturated carbocycles. The van der Waals surface area contributed by atoms with Crippen LogP contribution in [-0.2, 0) is 12.5 Å². The topological polar surface area (TPSA) is 56.7 Å². The second kappa shape index (κ2) is 2.73. The lowest BCUT2D eigenvalue weighted by atomic mass is 9.64. The van der Waals surface area contributed by atoms with Crippen LogP contribution in [0.2, 0.25) is 0 Å². The molecule has 2 rings (SSSR count). The summed E-state index contributed by atoms with van der Waals surface area (Å²) < 4.78 is 27.2. The summed E-state index contributed by atoms with van der Waals surface area (Å²) in [5.41, 5.74) is 5.62. The maximum Gasteiger partial charge on any atom is 0.250 e. The fraction of sp³-hybridized carbons (Fsp3) is 0.750. The molecule has 0 amide bonds. The largest absolute Gasteiger partial charge is 0.330 e. The van der Waals surface area contributed by atoms with E-state index in [2.05, 4.69) is 10.3 Å². The van der Waals surface area contributed by atoms with Crippen molar-refractivity contribution in [3.8, 4) is 0 Å². The Morgan fingerprint density at radius 2 is 2.21 bits per heavy atom. The van der Waals surface area contributed by atoms with E-state index in [1.807, 2.05) is 0 Å². The molecule has 2 N–H and O–H groups in total. The van der Waals surface area contributed by atoms with Gasteiger partial charge in [0.15, 0.2) is 0 Å². The molecule has 0 atom stereocenters. The third-order valence-electron chi connectivity index (χ3n) is 2.84. The van der Waals surface area contributed by atoms with E-state index in [4.69, 9.17) is 5.73 Å². The van der Waals surface area contributed by atoms with Crippen molar-refractivity contribution < 1.29 is 8.78 Å². The van der Waals surface area contributed by atoms with Crippen LogP contribution in [0.25, 0.3) is 0 Å². The van der Waals surface area contributed by atoms with Crippen LogP contribution < -0.4 is 5.73 Å². The molecule has 0 spiro atoms. The Labute approximate surface area is 80.1 Å². The molecule has 1 aromatic rings. The van der Waals surface area contributed by atoms with Gasteiger partial charge in [-0.15, -0.1) is 5.10 Å². The van der Waals surface area contributed by atoms with Crippen LogP contribution in [0.5, 0.6) is 0 Å². The summed E-state index contributed by atoms with van der Waals surface area (Å²) in [6.07, 6.45) is 1.12. The molecule has 6 heteroatoms. The number of rotatable bonds is 2. The average molecular weight is 202 g/mol. The van der Waals surface area contributed by atoms with Gasteiger partial charge in [0.2, 0.25) is 5.92 Å². The van der Waals surface area contributed by atoms with Crippen LogP contribution in [0.15, 0.2) is 6.20 Å². The van der Waals surface area contributed by atoms with Crippen LogP contribution in [0.1, 0.15) is 18.5 Å². The summed E-state index contributed by atoms with van der Waals surface area (Å²) in [7, 11) is 1.69. The summed E-state index contributed by atoms with van der Waals surface area (Å²) in [6.45, 7) is 0.212. The predicted molar refractivity (Wildman–Crippen MR) is 45.9 cm³/mol. The second-order valence-electron chi connectivity index (χ2n) is 3.94. The highest BCUT2D eigenvalue weighted by atomic mass is 19.3. The van der Waals surface area contributed by atoms with E-state index >= 15 is 0 Å². The van der Waals surface area contributed by atoms with Crippen molar-refractivity contribution in [3.63, 3.8) is 0 Å². The lowest BCUT2D eigenvalue weighted by molar-refractivity contribution is -0.125. The van der Waals surface area contributed by atoms with Gasteiger partial charge in [-0.2, -0.15) is 0 Å². The molecule has 1 aliphatic rings. The molecule has 4 nitrogen and oxygen atoms in total. The molecule has 0 bridgehead atoms. The van der Waals surface area contributed by atoms with Crippen LogP contribution in [-0.4, -0.2) is 27.5 Å². The molecule has 78 valence electrons. The number of aromatic nitrogens is 3. The quantitative estimate of drug-likeness (QED) is 0.757. The van der Waals surface area contributed by atoms with E-state index < -0.39 is 11.3 Å². The molecule has 0 radical (unpaired) electrons. The first kappa shape index (κ1) is 9.51. The minimum Gasteiger partial charge on any atom is -0.330 e. The Morgan fingerprint density at radius 3 is 2.57 bits per heavy atom. The highest BCUT2D eigenvalue weighted by molar-refractivity contribution is 5.22. The van der Waals surface area contributed by atoms with Crippen molar-refractivity contribution in [2.45, 2.75) is 24.2 Å². The molecular formula is C8H12F2N4. The summed E-state index contributed by atoms with van der Waals surface area (Å²) in [4.78, 5) is 0. The third-order valence-corrected chi connectivity index (χ3v) is 2.84. The SMILES string of the molecule is Cn1nncc1C1(CN)CC(F)(F)C1. The maximum atomic E-state index is 12.8. The standard InChI is InChI=1S/C8H12F2N4/c1-14-6(2-12-13-14)7(5-11)3-8(9,10)4-7/h2H,3-5,11H2,1H3. The van der Waals surface area contributed by atoms with Gasteiger partial charge >= 0.3 is 0 Å². The van der Waals surface area contributed by atoms with Gasteiger partial charge in [-0.1, -0.05) is 5.21 Å². The van der Waals surface area contributed by atoms with E-state index in [1.165, 1.54) is 10.9 Å². The molecule has 0 unspecified atom stereocenters. The number of hydrogen-bond donors (Lipinski definition) is 1. The van der Waals surface area contributed by atoms with Crippen molar-refractivity contribution in [1.82, 2.24) is 15.0 Å². The molecule has 14 heavy (non-hydrogen) atoms. The lowest BCUT2D eigenvalue weighted by Gasteiger charge is -2.46. The maximum absolute atomic E-state index is 12.8. The summed E-state index contributed by atoms with van der Waals surface area (Å²) in [6, 6.07) is 0. The minimum atomic E-state index is -2.58. The molecule has 0 aromatic carbocycles. The molecule has 1 fully saturated rings. The third kappa shape index (κ3) is 1.21. The smallest absolute Gasteiger partial charge is 0.250 e. The van der Waals surface area contributed by atoms with E-state index in [1.54, 1.807) is 7.05 Å². The van der Waals surface area contributed by atoms with Crippen LogP contribution in [0.3, 0.4) is 0 Å².